The maximum absolute atomic E-state index is 5.88. The number of hydrogen-bond donors (Lipinski definition) is 1. The summed E-state index contributed by atoms with van der Waals surface area (Å²) in [6.45, 7) is 0. The average molecular weight is 228 g/mol. The highest BCUT2D eigenvalue weighted by Crippen LogP contribution is 2.23. The number of rotatable bonds is 2. The van der Waals surface area contributed by atoms with Gasteiger partial charge < -0.3 is 0 Å². The Morgan fingerprint density at radius 1 is 1.21 bits per heavy atom. The Morgan fingerprint density at radius 2 is 2.07 bits per heavy atom. The van der Waals surface area contributed by atoms with Crippen LogP contribution in [0.4, 0.5) is 0 Å². The monoisotopic (exact) mass is 227 g/mol. The first-order valence-electron chi connectivity index (χ1n) is 4.04. The quantitative estimate of drug-likeness (QED) is 0.858. The zero-order valence-electron chi connectivity index (χ0n) is 7.17. The molecule has 0 aliphatic carbocycles. The molecule has 1 heterocycles. The Bertz CT molecular complexity index is 426. The number of nitrogens with zero attached hydrogens (tertiary/aromatic N) is 2. The second-order valence-corrected chi connectivity index (χ2v) is 3.67. The highest BCUT2D eigenvalue weighted by molar-refractivity contribution is 6.42. The lowest BCUT2D eigenvalue weighted by atomic mass is 10.1. The summed E-state index contributed by atoms with van der Waals surface area (Å²) >= 11 is 11.7. The van der Waals surface area contributed by atoms with Crippen molar-refractivity contribution in [3.05, 3.63) is 46.0 Å². The van der Waals surface area contributed by atoms with E-state index >= 15 is 0 Å². The molecular formula is C9H7Cl2N3. The number of aromatic amines is 1. The molecule has 0 spiro atoms. The van der Waals surface area contributed by atoms with Gasteiger partial charge in [-0.1, -0.05) is 29.3 Å². The minimum Gasteiger partial charge on any atom is -0.263 e. The summed E-state index contributed by atoms with van der Waals surface area (Å²) in [5.41, 5.74) is 1.05. The normalized spacial score (nSPS) is 10.4. The molecule has 14 heavy (non-hydrogen) atoms. The zero-order chi connectivity index (χ0) is 9.97. The Hall–Kier alpha value is -1.06. The van der Waals surface area contributed by atoms with Gasteiger partial charge in [-0.05, 0) is 17.7 Å². The van der Waals surface area contributed by atoms with Crippen molar-refractivity contribution in [2.24, 2.45) is 0 Å². The van der Waals surface area contributed by atoms with Gasteiger partial charge in [0.1, 0.15) is 12.2 Å². The van der Waals surface area contributed by atoms with Crippen LogP contribution in [-0.4, -0.2) is 15.2 Å². The molecular weight excluding hydrogens is 221 g/mol. The molecule has 1 aromatic heterocycles. The molecule has 1 N–H and O–H groups in total. The lowest BCUT2D eigenvalue weighted by Gasteiger charge is -2.00. The summed E-state index contributed by atoms with van der Waals surface area (Å²) in [5, 5.41) is 7.67. The third-order valence-electron chi connectivity index (χ3n) is 1.82. The van der Waals surface area contributed by atoms with Gasteiger partial charge in [-0.3, -0.25) is 5.10 Å². The highest BCUT2D eigenvalue weighted by atomic mass is 35.5. The fourth-order valence-corrected chi connectivity index (χ4v) is 1.48. The second kappa shape index (κ2) is 3.98. The molecule has 0 atom stereocenters. The molecule has 3 nitrogen and oxygen atoms in total. The van der Waals surface area contributed by atoms with Gasteiger partial charge in [0.05, 0.1) is 10.0 Å². The van der Waals surface area contributed by atoms with Crippen LogP contribution in [-0.2, 0) is 6.42 Å². The Balaban J connectivity index is 2.22. The van der Waals surface area contributed by atoms with E-state index in [2.05, 4.69) is 15.2 Å². The zero-order valence-corrected chi connectivity index (χ0v) is 8.68. The molecule has 2 rings (SSSR count). The number of H-pyrrole nitrogens is 1. The van der Waals surface area contributed by atoms with Gasteiger partial charge in [0.2, 0.25) is 0 Å². The molecule has 5 heteroatoms. The standard InChI is InChI=1S/C9H7Cl2N3/c10-7-2-1-6(3-8(7)11)4-9-12-5-13-14-9/h1-3,5H,4H2,(H,12,13,14). The third-order valence-corrected chi connectivity index (χ3v) is 2.56. The third kappa shape index (κ3) is 2.05. The van der Waals surface area contributed by atoms with Gasteiger partial charge in [0.25, 0.3) is 0 Å². The van der Waals surface area contributed by atoms with E-state index < -0.39 is 0 Å². The molecule has 0 fully saturated rings. The first kappa shape index (κ1) is 9.49. The van der Waals surface area contributed by atoms with Crippen LogP contribution >= 0.6 is 23.2 Å². The van der Waals surface area contributed by atoms with Crippen molar-refractivity contribution in [1.82, 2.24) is 15.2 Å². The van der Waals surface area contributed by atoms with E-state index in [4.69, 9.17) is 23.2 Å². The van der Waals surface area contributed by atoms with Crippen molar-refractivity contribution >= 4 is 23.2 Å². The first-order valence-corrected chi connectivity index (χ1v) is 4.79. The maximum atomic E-state index is 5.88. The predicted molar refractivity (Wildman–Crippen MR) is 55.7 cm³/mol. The molecule has 72 valence electrons. The average Bonchev–Trinajstić information content (AvgIpc) is 2.64. The molecule has 0 bridgehead atoms. The smallest absolute Gasteiger partial charge is 0.137 e. The molecule has 0 unspecified atom stereocenters. The van der Waals surface area contributed by atoms with Crippen molar-refractivity contribution in [2.45, 2.75) is 6.42 Å². The van der Waals surface area contributed by atoms with Crippen molar-refractivity contribution in [1.29, 1.82) is 0 Å². The molecule has 0 aliphatic rings. The van der Waals surface area contributed by atoms with E-state index in [1.165, 1.54) is 6.33 Å². The first-order chi connectivity index (χ1) is 6.75. The van der Waals surface area contributed by atoms with E-state index in [1.54, 1.807) is 6.07 Å². The largest absolute Gasteiger partial charge is 0.263 e. The van der Waals surface area contributed by atoms with E-state index in [1.807, 2.05) is 12.1 Å². The summed E-state index contributed by atoms with van der Waals surface area (Å²) in [5.74, 6) is 0.809. The summed E-state index contributed by atoms with van der Waals surface area (Å²) < 4.78 is 0. The van der Waals surface area contributed by atoms with Crippen LogP contribution < -0.4 is 0 Å². The molecule has 2 aromatic rings. The number of hydrogen-bond acceptors (Lipinski definition) is 2. The van der Waals surface area contributed by atoms with Gasteiger partial charge in [-0.25, -0.2) is 4.98 Å². The molecule has 0 aliphatic heterocycles. The van der Waals surface area contributed by atoms with E-state index in [9.17, 15) is 0 Å². The number of aromatic nitrogens is 3. The van der Waals surface area contributed by atoms with Crippen molar-refractivity contribution in [3.8, 4) is 0 Å². The van der Waals surface area contributed by atoms with Crippen LogP contribution in [0.25, 0.3) is 0 Å². The number of halogens is 2. The van der Waals surface area contributed by atoms with Crippen molar-refractivity contribution in [2.75, 3.05) is 0 Å². The van der Waals surface area contributed by atoms with Crippen molar-refractivity contribution in [3.63, 3.8) is 0 Å². The highest BCUT2D eigenvalue weighted by Gasteiger charge is 2.02. The summed E-state index contributed by atoms with van der Waals surface area (Å²) in [4.78, 5) is 4.02. The van der Waals surface area contributed by atoms with Crippen LogP contribution in [0, 0.1) is 0 Å². The van der Waals surface area contributed by atoms with Crippen molar-refractivity contribution < 1.29 is 0 Å². The summed E-state index contributed by atoms with van der Waals surface area (Å²) in [6.07, 6.45) is 2.16. The SMILES string of the molecule is Clc1ccc(Cc2ncn[nH]2)cc1Cl. The van der Waals surface area contributed by atoms with Gasteiger partial charge in [-0.15, -0.1) is 0 Å². The molecule has 1 aromatic carbocycles. The summed E-state index contributed by atoms with van der Waals surface area (Å²) in [6, 6.07) is 5.51. The van der Waals surface area contributed by atoms with E-state index in [0.29, 0.717) is 16.5 Å². The molecule has 0 saturated heterocycles. The minimum absolute atomic E-state index is 0.559. The molecule has 0 amide bonds. The lowest BCUT2D eigenvalue weighted by molar-refractivity contribution is 0.972. The maximum Gasteiger partial charge on any atom is 0.137 e. The fraction of sp³-hybridized carbons (Fsp3) is 0.111. The summed E-state index contributed by atoms with van der Waals surface area (Å²) in [7, 11) is 0. The van der Waals surface area contributed by atoms with Gasteiger partial charge >= 0.3 is 0 Å². The van der Waals surface area contributed by atoms with Crippen LogP contribution in [0.3, 0.4) is 0 Å². The predicted octanol–water partition coefficient (Wildman–Crippen LogP) is 2.70. The van der Waals surface area contributed by atoms with Gasteiger partial charge in [0.15, 0.2) is 0 Å². The van der Waals surface area contributed by atoms with Crippen LogP contribution in [0.2, 0.25) is 10.0 Å². The topological polar surface area (TPSA) is 41.6 Å². The van der Waals surface area contributed by atoms with Gasteiger partial charge in [-0.2, -0.15) is 5.10 Å². The van der Waals surface area contributed by atoms with Crippen LogP contribution in [0.1, 0.15) is 11.4 Å². The Morgan fingerprint density at radius 3 is 2.71 bits per heavy atom. The van der Waals surface area contributed by atoms with Crippen LogP contribution in [0.15, 0.2) is 24.5 Å². The molecule has 0 radical (unpaired) electrons. The molecule has 0 saturated carbocycles. The van der Waals surface area contributed by atoms with E-state index in [0.717, 1.165) is 11.4 Å². The minimum atomic E-state index is 0.559. The second-order valence-electron chi connectivity index (χ2n) is 2.86. The number of benzene rings is 1. The van der Waals surface area contributed by atoms with Gasteiger partial charge in [0, 0.05) is 6.42 Å². The lowest BCUT2D eigenvalue weighted by Crippen LogP contribution is -1.90. The van der Waals surface area contributed by atoms with E-state index in [-0.39, 0.29) is 0 Å². The van der Waals surface area contributed by atoms with Crippen LogP contribution in [0.5, 0.6) is 0 Å². The number of nitrogens with one attached hydrogen (secondary N) is 1. The Kier molecular flexibility index (Phi) is 2.70. The fourth-order valence-electron chi connectivity index (χ4n) is 1.16. The Labute approximate surface area is 91.1 Å².